The standard InChI is InChI=1S/C30H39FN2O5/c1-4-9-21-27(36)19(2)10-7-12-29(3)25(38-29)17-23(22(31)16-20-11-5-6-15-32-20)33-26(35)18-24(34)30(28(21)37)13-8-14-30/h1,5-6,11,15-16,19,21,23-25,27,34,36H,7-10,12-14,17-18H2,2-3H3,(H,33,35)/b22-16-. The lowest BCUT2D eigenvalue weighted by Gasteiger charge is -2.46. The number of ketones is 1. The van der Waals surface area contributed by atoms with Gasteiger partial charge in [-0.1, -0.05) is 25.8 Å². The normalized spacial score (nSPS) is 36.5. The quantitative estimate of drug-likeness (QED) is 0.409. The predicted octanol–water partition coefficient (Wildman–Crippen LogP) is 3.74. The third-order valence-corrected chi connectivity index (χ3v) is 8.88. The van der Waals surface area contributed by atoms with E-state index in [-0.39, 0.29) is 37.1 Å². The number of Topliss-reactive ketones (excluding diaryl/α,β-unsaturated/α-hetero) is 1. The average Bonchev–Trinajstić information content (AvgIpc) is 3.49. The van der Waals surface area contributed by atoms with Crippen molar-refractivity contribution >= 4 is 17.8 Å². The van der Waals surface area contributed by atoms with Crippen molar-refractivity contribution in [2.75, 3.05) is 0 Å². The number of hydrogen-bond acceptors (Lipinski definition) is 6. The molecular formula is C30H39FN2O5. The molecule has 1 spiro atoms. The first kappa shape index (κ1) is 28.4. The molecule has 2 saturated heterocycles. The fourth-order valence-electron chi connectivity index (χ4n) is 6.10. The number of fused-ring (bicyclic) bond motifs is 1. The van der Waals surface area contributed by atoms with Gasteiger partial charge in [-0.2, -0.15) is 0 Å². The first-order valence-corrected chi connectivity index (χ1v) is 13.7. The van der Waals surface area contributed by atoms with E-state index in [0.717, 1.165) is 12.8 Å². The van der Waals surface area contributed by atoms with E-state index in [0.29, 0.717) is 31.4 Å². The lowest BCUT2D eigenvalue weighted by atomic mass is 9.58. The van der Waals surface area contributed by atoms with Crippen molar-refractivity contribution in [2.45, 2.75) is 102 Å². The highest BCUT2D eigenvalue weighted by Crippen LogP contribution is 2.49. The summed E-state index contributed by atoms with van der Waals surface area (Å²) >= 11 is 0. The number of aliphatic hydroxyl groups is 2. The van der Waals surface area contributed by atoms with Crippen LogP contribution in [-0.4, -0.2) is 56.8 Å². The van der Waals surface area contributed by atoms with Crippen LogP contribution in [0.15, 0.2) is 30.2 Å². The molecule has 7 nitrogen and oxygen atoms in total. The summed E-state index contributed by atoms with van der Waals surface area (Å²) in [6, 6.07) is 4.20. The third kappa shape index (κ3) is 6.01. The number of epoxide rings is 1. The van der Waals surface area contributed by atoms with Crippen LogP contribution in [0.5, 0.6) is 0 Å². The van der Waals surface area contributed by atoms with E-state index >= 15 is 4.39 Å². The van der Waals surface area contributed by atoms with Crippen molar-refractivity contribution in [1.82, 2.24) is 10.3 Å². The molecule has 1 amide bonds. The molecule has 3 aliphatic rings. The maximum Gasteiger partial charge on any atom is 0.223 e. The van der Waals surface area contributed by atoms with Crippen LogP contribution < -0.4 is 5.32 Å². The summed E-state index contributed by atoms with van der Waals surface area (Å²) in [5.41, 5.74) is -1.16. The van der Waals surface area contributed by atoms with E-state index in [9.17, 15) is 19.8 Å². The number of halogens is 1. The number of aromatic nitrogens is 1. The monoisotopic (exact) mass is 526 g/mol. The van der Waals surface area contributed by atoms with Crippen molar-refractivity contribution < 1.29 is 28.9 Å². The molecule has 206 valence electrons. The molecule has 7 unspecified atom stereocenters. The van der Waals surface area contributed by atoms with Gasteiger partial charge in [0.2, 0.25) is 5.91 Å². The molecule has 2 aliphatic heterocycles. The van der Waals surface area contributed by atoms with Crippen LogP contribution in [0.2, 0.25) is 0 Å². The summed E-state index contributed by atoms with van der Waals surface area (Å²) < 4.78 is 21.4. The fraction of sp³-hybridized carbons (Fsp3) is 0.633. The Bertz CT molecular complexity index is 1080. The topological polar surface area (TPSA) is 112 Å². The van der Waals surface area contributed by atoms with Gasteiger partial charge in [-0.05, 0) is 56.7 Å². The molecule has 8 heteroatoms. The number of carbonyl (C=O) groups is 2. The van der Waals surface area contributed by atoms with Crippen molar-refractivity contribution in [3.8, 4) is 12.3 Å². The zero-order valence-corrected chi connectivity index (χ0v) is 22.2. The minimum atomic E-state index is -1.26. The second-order valence-corrected chi connectivity index (χ2v) is 11.5. The van der Waals surface area contributed by atoms with Gasteiger partial charge in [-0.15, -0.1) is 12.3 Å². The Labute approximate surface area is 224 Å². The van der Waals surface area contributed by atoms with Gasteiger partial charge in [0.25, 0.3) is 0 Å². The molecule has 0 radical (unpaired) electrons. The maximum atomic E-state index is 15.5. The minimum Gasteiger partial charge on any atom is -0.392 e. The van der Waals surface area contributed by atoms with Crippen molar-refractivity contribution in [2.24, 2.45) is 17.3 Å². The zero-order valence-electron chi connectivity index (χ0n) is 22.2. The Morgan fingerprint density at radius 1 is 1.29 bits per heavy atom. The van der Waals surface area contributed by atoms with Gasteiger partial charge in [-0.3, -0.25) is 14.6 Å². The molecule has 1 aromatic rings. The van der Waals surface area contributed by atoms with Gasteiger partial charge in [0.1, 0.15) is 11.6 Å². The highest BCUT2D eigenvalue weighted by atomic mass is 19.1. The number of nitrogens with one attached hydrogen (secondary N) is 1. The number of hydrogen-bond donors (Lipinski definition) is 3. The van der Waals surface area contributed by atoms with E-state index in [4.69, 9.17) is 11.2 Å². The summed E-state index contributed by atoms with van der Waals surface area (Å²) in [6.07, 6.45) is 9.65. The molecule has 38 heavy (non-hydrogen) atoms. The average molecular weight is 527 g/mol. The molecule has 4 rings (SSSR count). The second kappa shape index (κ2) is 11.6. The number of aliphatic hydroxyl groups excluding tert-OH is 2. The number of ether oxygens (including phenoxy) is 1. The Hall–Kier alpha value is -2.60. The first-order valence-electron chi connectivity index (χ1n) is 13.7. The lowest BCUT2D eigenvalue weighted by Crippen LogP contribution is -2.54. The zero-order chi connectivity index (χ0) is 27.5. The number of carbonyl (C=O) groups excluding carboxylic acids is 2. The van der Waals surface area contributed by atoms with E-state index in [1.807, 2.05) is 13.8 Å². The van der Waals surface area contributed by atoms with Crippen LogP contribution in [0, 0.1) is 29.6 Å². The molecule has 0 bridgehead atoms. The number of terminal acetylenes is 1. The van der Waals surface area contributed by atoms with Crippen molar-refractivity contribution in [3.63, 3.8) is 0 Å². The predicted molar refractivity (Wildman–Crippen MR) is 141 cm³/mol. The van der Waals surface area contributed by atoms with E-state index in [1.54, 1.807) is 24.4 Å². The van der Waals surface area contributed by atoms with Gasteiger partial charge in [0.05, 0.1) is 53.4 Å². The third-order valence-electron chi connectivity index (χ3n) is 8.88. The maximum absolute atomic E-state index is 15.5. The summed E-state index contributed by atoms with van der Waals surface area (Å²) in [7, 11) is 0. The summed E-state index contributed by atoms with van der Waals surface area (Å²) in [4.78, 5) is 31.0. The van der Waals surface area contributed by atoms with Gasteiger partial charge in [-0.25, -0.2) is 4.39 Å². The Morgan fingerprint density at radius 3 is 2.68 bits per heavy atom. The molecule has 3 N–H and O–H groups in total. The highest BCUT2D eigenvalue weighted by Gasteiger charge is 2.55. The van der Waals surface area contributed by atoms with Gasteiger partial charge in [0.15, 0.2) is 0 Å². The lowest BCUT2D eigenvalue weighted by molar-refractivity contribution is -0.155. The van der Waals surface area contributed by atoms with Crippen LogP contribution in [0.1, 0.15) is 77.3 Å². The Balaban J connectivity index is 1.61. The van der Waals surface area contributed by atoms with Crippen LogP contribution >= 0.6 is 0 Å². The van der Waals surface area contributed by atoms with Crippen molar-refractivity contribution in [3.05, 3.63) is 35.9 Å². The SMILES string of the molecule is C#CCC1C(=O)C2(CCC2)C(O)CC(=O)NC(/C(F)=C/c2ccccn2)CC2OC2(C)CCCC(C)C1O. The van der Waals surface area contributed by atoms with E-state index in [1.165, 1.54) is 6.08 Å². The Morgan fingerprint density at radius 2 is 2.05 bits per heavy atom. The number of amides is 1. The first-order chi connectivity index (χ1) is 18.1. The second-order valence-electron chi connectivity index (χ2n) is 11.5. The van der Waals surface area contributed by atoms with Gasteiger partial charge < -0.3 is 20.3 Å². The molecule has 1 saturated carbocycles. The molecule has 1 aromatic heterocycles. The Kier molecular flexibility index (Phi) is 8.71. The van der Waals surface area contributed by atoms with Crippen LogP contribution in [0.25, 0.3) is 6.08 Å². The van der Waals surface area contributed by atoms with Crippen LogP contribution in [0.4, 0.5) is 4.39 Å². The molecular weight excluding hydrogens is 487 g/mol. The van der Waals surface area contributed by atoms with Gasteiger partial charge in [0, 0.05) is 19.0 Å². The molecule has 1 aliphatic carbocycles. The molecule has 0 aromatic carbocycles. The highest BCUT2D eigenvalue weighted by molar-refractivity contribution is 5.90. The number of pyridine rings is 1. The summed E-state index contributed by atoms with van der Waals surface area (Å²) in [5.74, 6) is 0.150. The molecule has 3 heterocycles. The summed E-state index contributed by atoms with van der Waals surface area (Å²) in [5, 5.41) is 25.0. The van der Waals surface area contributed by atoms with Crippen LogP contribution in [-0.2, 0) is 14.3 Å². The van der Waals surface area contributed by atoms with Gasteiger partial charge >= 0.3 is 0 Å². The summed E-state index contributed by atoms with van der Waals surface area (Å²) in [6.45, 7) is 3.87. The van der Waals surface area contributed by atoms with E-state index in [2.05, 4.69) is 16.2 Å². The largest absolute Gasteiger partial charge is 0.392 e. The van der Waals surface area contributed by atoms with Crippen molar-refractivity contribution in [1.29, 1.82) is 0 Å². The van der Waals surface area contributed by atoms with Crippen LogP contribution in [0.3, 0.4) is 0 Å². The fourth-order valence-corrected chi connectivity index (χ4v) is 6.10. The smallest absolute Gasteiger partial charge is 0.223 e. The van der Waals surface area contributed by atoms with E-state index < -0.39 is 46.9 Å². The number of nitrogens with zero attached hydrogens (tertiary/aromatic N) is 1. The molecule has 3 fully saturated rings. The minimum absolute atomic E-state index is 0.0690. The number of rotatable bonds is 3. The molecule has 7 atom stereocenters.